The highest BCUT2D eigenvalue weighted by atomic mass is 32.1. The Morgan fingerprint density at radius 1 is 1.05 bits per heavy atom. The molecule has 0 amide bonds. The third-order valence-corrected chi connectivity index (χ3v) is 3.29. The Morgan fingerprint density at radius 3 is 2.58 bits per heavy atom. The van der Waals surface area contributed by atoms with Crippen LogP contribution in [0, 0.1) is 5.82 Å². The van der Waals surface area contributed by atoms with Crippen molar-refractivity contribution >= 4 is 23.0 Å². The second kappa shape index (κ2) is 4.90. The quantitative estimate of drug-likeness (QED) is 0.847. The summed E-state index contributed by atoms with van der Waals surface area (Å²) in [5.74, 6) is 0.342. The van der Waals surface area contributed by atoms with Gasteiger partial charge in [-0.25, -0.2) is 4.39 Å². The topological polar surface area (TPSA) is 24.4 Å². The van der Waals surface area contributed by atoms with Gasteiger partial charge in [0, 0.05) is 5.56 Å². The van der Waals surface area contributed by atoms with Crippen molar-refractivity contribution in [3.8, 4) is 0 Å². The number of nitrogens with zero attached hydrogens (tertiary/aromatic N) is 1. The fourth-order valence-corrected chi connectivity index (χ4v) is 2.33. The molecule has 0 bridgehead atoms. The van der Waals surface area contributed by atoms with Crippen molar-refractivity contribution in [1.82, 2.24) is 5.32 Å². The number of benzene rings is 2. The van der Waals surface area contributed by atoms with E-state index in [1.807, 2.05) is 36.4 Å². The van der Waals surface area contributed by atoms with Crippen molar-refractivity contribution in [3.63, 3.8) is 0 Å². The van der Waals surface area contributed by atoms with Crippen LogP contribution in [0.1, 0.15) is 17.2 Å². The number of aliphatic imine (C=N–C) groups is 1. The number of nitrogens with one attached hydrogen (secondary N) is 1. The number of rotatable bonds is 2. The maximum atomic E-state index is 13.2. The molecule has 1 N–H and O–H groups in total. The zero-order valence-electron chi connectivity index (χ0n) is 10.0. The van der Waals surface area contributed by atoms with Gasteiger partial charge in [-0.05, 0) is 17.7 Å². The Bertz CT molecular complexity index is 652. The molecule has 19 heavy (non-hydrogen) atoms. The minimum atomic E-state index is -0.281. The summed E-state index contributed by atoms with van der Waals surface area (Å²) < 4.78 is 13.2. The Balaban J connectivity index is 1.96. The smallest absolute Gasteiger partial charge is 0.134 e. The van der Waals surface area contributed by atoms with Gasteiger partial charge in [0.15, 0.2) is 0 Å². The molecule has 1 unspecified atom stereocenters. The molecule has 1 aliphatic rings. The standard InChI is InChI=1S/C15H11FN2S/c16-12-8-4-7-11(9-12)14-17-13(15(19)18-14)10-5-2-1-3-6-10/h1-9,13H,(H,17,18,19). The lowest BCUT2D eigenvalue weighted by Crippen LogP contribution is -2.24. The van der Waals surface area contributed by atoms with Gasteiger partial charge in [-0.1, -0.05) is 54.7 Å². The summed E-state index contributed by atoms with van der Waals surface area (Å²) in [7, 11) is 0. The monoisotopic (exact) mass is 270 g/mol. The van der Waals surface area contributed by atoms with E-state index >= 15 is 0 Å². The second-order valence-corrected chi connectivity index (χ2v) is 4.73. The van der Waals surface area contributed by atoms with Gasteiger partial charge in [0.05, 0.1) is 0 Å². The van der Waals surface area contributed by atoms with E-state index in [9.17, 15) is 4.39 Å². The molecule has 0 saturated heterocycles. The molecule has 1 aliphatic heterocycles. The van der Waals surface area contributed by atoms with Crippen molar-refractivity contribution in [2.45, 2.75) is 6.04 Å². The number of amidine groups is 1. The van der Waals surface area contributed by atoms with E-state index in [2.05, 4.69) is 10.3 Å². The highest BCUT2D eigenvalue weighted by Crippen LogP contribution is 2.23. The Kier molecular flexibility index (Phi) is 3.09. The zero-order valence-corrected chi connectivity index (χ0v) is 10.8. The summed E-state index contributed by atoms with van der Waals surface area (Å²) in [4.78, 5) is 5.19. The van der Waals surface area contributed by atoms with Gasteiger partial charge in [-0.3, -0.25) is 4.99 Å². The van der Waals surface area contributed by atoms with Gasteiger partial charge in [0.1, 0.15) is 22.7 Å². The van der Waals surface area contributed by atoms with Crippen LogP contribution < -0.4 is 5.32 Å². The highest BCUT2D eigenvalue weighted by molar-refractivity contribution is 7.80. The normalized spacial score (nSPS) is 18.1. The van der Waals surface area contributed by atoms with E-state index in [1.165, 1.54) is 12.1 Å². The van der Waals surface area contributed by atoms with Crippen LogP contribution >= 0.6 is 12.2 Å². The minimum absolute atomic E-state index is 0.186. The van der Waals surface area contributed by atoms with Crippen LogP contribution in [0.15, 0.2) is 59.6 Å². The van der Waals surface area contributed by atoms with E-state index in [0.29, 0.717) is 16.4 Å². The number of hydrogen-bond acceptors (Lipinski definition) is 2. The van der Waals surface area contributed by atoms with Crippen LogP contribution in [0.2, 0.25) is 0 Å². The van der Waals surface area contributed by atoms with Gasteiger partial charge < -0.3 is 5.32 Å². The molecule has 1 atom stereocenters. The summed E-state index contributed by atoms with van der Waals surface area (Å²) in [6.07, 6.45) is 0. The molecule has 0 fully saturated rings. The van der Waals surface area contributed by atoms with E-state index in [4.69, 9.17) is 12.2 Å². The summed E-state index contributed by atoms with van der Waals surface area (Å²) in [6.45, 7) is 0. The molecule has 0 saturated carbocycles. The molecule has 2 nitrogen and oxygen atoms in total. The Labute approximate surface area is 116 Å². The molecular weight excluding hydrogens is 259 g/mol. The lowest BCUT2D eigenvalue weighted by atomic mass is 10.1. The first-order chi connectivity index (χ1) is 9.24. The lowest BCUT2D eigenvalue weighted by Gasteiger charge is -2.05. The molecular formula is C15H11FN2S. The van der Waals surface area contributed by atoms with Crippen molar-refractivity contribution in [1.29, 1.82) is 0 Å². The van der Waals surface area contributed by atoms with Gasteiger partial charge in [0.2, 0.25) is 0 Å². The van der Waals surface area contributed by atoms with Crippen molar-refractivity contribution < 1.29 is 4.39 Å². The predicted molar refractivity (Wildman–Crippen MR) is 77.9 cm³/mol. The summed E-state index contributed by atoms with van der Waals surface area (Å²) in [6, 6.07) is 16.0. The number of hydrogen-bond donors (Lipinski definition) is 1. The maximum Gasteiger partial charge on any atom is 0.134 e. The molecule has 3 rings (SSSR count). The summed E-state index contributed by atoms with van der Waals surface area (Å²) >= 11 is 5.31. The van der Waals surface area contributed by atoms with Crippen LogP contribution in [0.4, 0.5) is 4.39 Å². The van der Waals surface area contributed by atoms with Crippen LogP contribution in [0.3, 0.4) is 0 Å². The third kappa shape index (κ3) is 2.39. The van der Waals surface area contributed by atoms with Crippen molar-refractivity contribution in [2.75, 3.05) is 0 Å². The fourth-order valence-electron chi connectivity index (χ4n) is 2.05. The molecule has 0 aliphatic carbocycles. The van der Waals surface area contributed by atoms with Crippen LogP contribution in [-0.4, -0.2) is 10.8 Å². The van der Waals surface area contributed by atoms with Gasteiger partial charge >= 0.3 is 0 Å². The van der Waals surface area contributed by atoms with Gasteiger partial charge in [-0.15, -0.1) is 0 Å². The Morgan fingerprint density at radius 2 is 1.84 bits per heavy atom. The molecule has 2 aromatic rings. The van der Waals surface area contributed by atoms with Crippen molar-refractivity contribution in [3.05, 3.63) is 71.5 Å². The summed E-state index contributed by atoms with van der Waals surface area (Å²) in [5, 5.41) is 3.06. The first-order valence-corrected chi connectivity index (χ1v) is 6.34. The molecule has 94 valence electrons. The largest absolute Gasteiger partial charge is 0.332 e. The predicted octanol–water partition coefficient (Wildman–Crippen LogP) is 3.24. The SMILES string of the molecule is Fc1cccc(C2=NC(c3ccccc3)C(=S)N2)c1. The van der Waals surface area contributed by atoms with Crippen molar-refractivity contribution in [2.24, 2.45) is 4.99 Å². The van der Waals surface area contributed by atoms with Gasteiger partial charge in [-0.2, -0.15) is 0 Å². The molecule has 0 spiro atoms. The number of thiocarbonyl (C=S) groups is 1. The fraction of sp³-hybridized carbons (Fsp3) is 0.0667. The van der Waals surface area contributed by atoms with E-state index in [0.717, 1.165) is 5.56 Å². The highest BCUT2D eigenvalue weighted by Gasteiger charge is 2.24. The van der Waals surface area contributed by atoms with Crippen LogP contribution in [0.5, 0.6) is 0 Å². The zero-order chi connectivity index (χ0) is 13.2. The molecule has 4 heteroatoms. The van der Waals surface area contributed by atoms with E-state index < -0.39 is 0 Å². The average Bonchev–Trinajstić information content (AvgIpc) is 2.82. The van der Waals surface area contributed by atoms with Crippen LogP contribution in [-0.2, 0) is 0 Å². The second-order valence-electron chi connectivity index (χ2n) is 4.29. The third-order valence-electron chi connectivity index (χ3n) is 2.96. The number of halogens is 1. The first kappa shape index (κ1) is 12.0. The van der Waals surface area contributed by atoms with E-state index in [1.54, 1.807) is 6.07 Å². The molecule has 1 heterocycles. The average molecular weight is 270 g/mol. The molecule has 0 radical (unpaired) electrons. The van der Waals surface area contributed by atoms with E-state index in [-0.39, 0.29) is 11.9 Å². The maximum absolute atomic E-state index is 13.2. The van der Waals surface area contributed by atoms with Gasteiger partial charge in [0.25, 0.3) is 0 Å². The Hall–Kier alpha value is -2.07. The van der Waals surface area contributed by atoms with Crippen LogP contribution in [0.25, 0.3) is 0 Å². The lowest BCUT2D eigenvalue weighted by molar-refractivity contribution is 0.627. The molecule has 0 aromatic heterocycles. The molecule has 2 aromatic carbocycles. The summed E-state index contributed by atoms with van der Waals surface area (Å²) in [5.41, 5.74) is 1.74. The minimum Gasteiger partial charge on any atom is -0.332 e. The first-order valence-electron chi connectivity index (χ1n) is 5.93.